The molecular weight excluding hydrogens is 547 g/mol. The van der Waals surface area contributed by atoms with Crippen molar-refractivity contribution in [1.82, 2.24) is 14.8 Å². The number of carbonyl (C=O) groups is 1. The third-order valence-electron chi connectivity index (χ3n) is 5.11. The lowest BCUT2D eigenvalue weighted by molar-refractivity contribution is -0.156. The number of aliphatic hydroxyl groups is 1. The van der Waals surface area contributed by atoms with E-state index in [1.165, 1.54) is 19.1 Å². The third-order valence-corrected chi connectivity index (χ3v) is 6.67. The minimum atomic E-state index is -4.57. The van der Waals surface area contributed by atoms with Crippen molar-refractivity contribution in [2.24, 2.45) is 5.73 Å². The fraction of sp³-hybridized carbons (Fsp3) is 0.455. The first-order chi connectivity index (χ1) is 17.9. The number of nitrogens with zero attached hydrogens (tertiary/aromatic N) is 2. The average Bonchev–Trinajstić information content (AvgIpc) is 3.08. The molecule has 0 aliphatic carbocycles. The van der Waals surface area contributed by atoms with Gasteiger partial charge in [-0.3, -0.25) is 18.8 Å². The van der Waals surface area contributed by atoms with Crippen molar-refractivity contribution in [2.45, 2.75) is 57.0 Å². The normalized spacial score (nSPS) is 25.2. The van der Waals surface area contributed by atoms with Crippen LogP contribution in [0.4, 0.5) is 0 Å². The smallest absolute Gasteiger partial charge is 0.461 e. The van der Waals surface area contributed by atoms with Gasteiger partial charge in [0.1, 0.15) is 24.2 Å². The maximum Gasteiger partial charge on any atom is 0.530 e. The number of carbonyl (C=O) groups excluding carboxylic acids is 1. The number of ether oxygens (including phenoxy) is 2. The molecule has 1 aliphatic rings. The first-order valence-corrected chi connectivity index (χ1v) is 13.0. The Balaban J connectivity index is 1.86. The average molecular weight is 573 g/mol. The molecule has 2 unspecified atom stereocenters. The van der Waals surface area contributed by atoms with Crippen LogP contribution in [-0.2, 0) is 27.9 Å². The van der Waals surface area contributed by atoms with Gasteiger partial charge in [-0.1, -0.05) is 24.1 Å². The van der Waals surface area contributed by atoms with Gasteiger partial charge in [0.25, 0.3) is 5.56 Å². The molecular formula is C22H26ClN4O10P. The van der Waals surface area contributed by atoms with Crippen LogP contribution in [0.5, 0.6) is 5.75 Å². The molecule has 4 N–H and O–H groups in total. The quantitative estimate of drug-likeness (QED) is 0.205. The molecule has 0 bridgehead atoms. The van der Waals surface area contributed by atoms with Crippen LogP contribution in [0.25, 0.3) is 0 Å². The number of H-pyrrole nitrogens is 1. The maximum absolute atomic E-state index is 13.6. The predicted molar refractivity (Wildman–Crippen MR) is 132 cm³/mol. The van der Waals surface area contributed by atoms with Crippen LogP contribution in [-0.4, -0.2) is 62.4 Å². The molecule has 16 heteroatoms. The molecule has 0 radical (unpaired) electrons. The highest BCUT2D eigenvalue weighted by Gasteiger charge is 2.56. The van der Waals surface area contributed by atoms with Crippen molar-refractivity contribution in [3.63, 3.8) is 0 Å². The second kappa shape index (κ2) is 12.2. The molecule has 1 aromatic heterocycles. The topological polar surface area (TPSA) is 194 Å². The summed E-state index contributed by atoms with van der Waals surface area (Å²) in [7, 11) is -4.57. The third kappa shape index (κ3) is 6.89. The van der Waals surface area contributed by atoms with Crippen molar-refractivity contribution in [3.05, 3.63) is 57.4 Å². The van der Waals surface area contributed by atoms with Crippen molar-refractivity contribution in [2.75, 3.05) is 6.61 Å². The Kier molecular flexibility index (Phi) is 9.50. The minimum absolute atomic E-state index is 0.0937. The number of para-hydroxylation sites is 1. The largest absolute Gasteiger partial charge is 0.530 e. The summed E-state index contributed by atoms with van der Waals surface area (Å²) < 4.78 is 41.2. The van der Waals surface area contributed by atoms with Gasteiger partial charge < -0.3 is 24.8 Å². The zero-order valence-electron chi connectivity index (χ0n) is 20.5. The fourth-order valence-electron chi connectivity index (χ4n) is 3.36. The Bertz CT molecular complexity index is 1360. The van der Waals surface area contributed by atoms with Gasteiger partial charge in [0, 0.05) is 5.38 Å². The molecule has 6 atom stereocenters. The van der Waals surface area contributed by atoms with Gasteiger partial charge in [-0.15, -0.1) is 0 Å². The number of nitrogens with one attached hydrogen (secondary N) is 1. The molecule has 1 saturated heterocycles. The van der Waals surface area contributed by atoms with Crippen LogP contribution in [0.1, 0.15) is 27.0 Å². The zero-order chi connectivity index (χ0) is 28.1. The lowest BCUT2D eigenvalue weighted by Crippen LogP contribution is -2.55. The number of rotatable bonds is 10. The Morgan fingerprint density at radius 3 is 2.63 bits per heavy atom. The molecule has 1 aromatic carbocycles. The number of esters is 1. The molecule has 3 rings (SSSR count). The first-order valence-electron chi connectivity index (χ1n) is 11.2. The summed E-state index contributed by atoms with van der Waals surface area (Å²) in [6.45, 7) is 3.87. The monoisotopic (exact) mass is 572 g/mol. The highest BCUT2D eigenvalue weighted by molar-refractivity contribution is 7.49. The molecule has 1 aliphatic heterocycles. The Morgan fingerprint density at radius 1 is 1.34 bits per heavy atom. The molecule has 38 heavy (non-hydrogen) atoms. The van der Waals surface area contributed by atoms with Crippen molar-refractivity contribution in [1.29, 1.82) is 0 Å². The van der Waals surface area contributed by atoms with Crippen LogP contribution in [0, 0.1) is 11.3 Å². The standard InChI is InChI=1S/C22H26ClN4O10P/c1-13(2)34-19(30)14(3)36-38(32,37-15-7-5-4-6-8-15)33-12-16-18(29)22(24,9-10-23)20(35-16)27-21(31)26-17(28)11-25-27/h4-8,11,13-14,16,18,20,29H,12,24H2,1-3H3,(H,26,28,31)/t14-,16+,18-,20+,22?,38?/m0/s1. The number of hydrogen-bond donors (Lipinski definition) is 3. The summed E-state index contributed by atoms with van der Waals surface area (Å²) in [5, 5.41) is 16.6. The van der Waals surface area contributed by atoms with E-state index in [9.17, 15) is 24.1 Å². The van der Waals surface area contributed by atoms with Crippen LogP contribution in [0.2, 0.25) is 0 Å². The van der Waals surface area contributed by atoms with Crippen LogP contribution >= 0.6 is 19.4 Å². The Morgan fingerprint density at radius 2 is 2.03 bits per heavy atom. The van der Waals surface area contributed by atoms with Crippen molar-refractivity contribution in [3.8, 4) is 17.0 Å². The molecule has 0 amide bonds. The number of aromatic nitrogens is 3. The number of halogens is 1. The Hall–Kier alpha value is -3.02. The molecule has 2 heterocycles. The first kappa shape index (κ1) is 29.5. The number of nitrogens with two attached hydrogens (primary N) is 1. The lowest BCUT2D eigenvalue weighted by atomic mass is 9.92. The second-order valence-corrected chi connectivity index (χ2v) is 10.1. The molecule has 0 spiro atoms. The van der Waals surface area contributed by atoms with E-state index in [0.717, 1.165) is 6.20 Å². The number of aliphatic hydroxyl groups excluding tert-OH is 1. The van der Waals surface area contributed by atoms with E-state index in [0.29, 0.717) is 4.68 Å². The van der Waals surface area contributed by atoms with Crippen LogP contribution < -0.4 is 21.5 Å². The maximum atomic E-state index is 13.6. The van der Waals surface area contributed by atoms with E-state index in [4.69, 9.17) is 40.4 Å². The fourth-order valence-corrected chi connectivity index (χ4v) is 4.86. The summed E-state index contributed by atoms with van der Waals surface area (Å²) >= 11 is 5.53. The predicted octanol–water partition coefficient (Wildman–Crippen LogP) is 0.648. The molecule has 1 fully saturated rings. The van der Waals surface area contributed by atoms with E-state index >= 15 is 0 Å². The van der Waals surface area contributed by atoms with Gasteiger partial charge in [0.05, 0.1) is 12.7 Å². The van der Waals surface area contributed by atoms with E-state index in [1.54, 1.807) is 32.0 Å². The van der Waals surface area contributed by atoms with Gasteiger partial charge in [0.2, 0.25) is 0 Å². The number of phosphoric acid groups is 1. The molecule has 206 valence electrons. The van der Waals surface area contributed by atoms with Crippen LogP contribution in [0.3, 0.4) is 0 Å². The zero-order valence-corrected chi connectivity index (χ0v) is 22.1. The van der Waals surface area contributed by atoms with Gasteiger partial charge in [-0.2, -0.15) is 9.78 Å². The molecule has 0 saturated carbocycles. The summed E-state index contributed by atoms with van der Waals surface area (Å²) in [5.74, 6) is 1.65. The number of phosphoric ester groups is 1. The summed E-state index contributed by atoms with van der Waals surface area (Å²) in [6.07, 6.45) is -5.63. The van der Waals surface area contributed by atoms with Gasteiger partial charge in [-0.05, 0) is 44.5 Å². The lowest BCUT2D eigenvalue weighted by Gasteiger charge is -2.26. The number of hydrogen-bond acceptors (Lipinski definition) is 12. The van der Waals surface area contributed by atoms with E-state index in [2.05, 4.69) is 11.0 Å². The molecule has 14 nitrogen and oxygen atoms in total. The second-order valence-electron chi connectivity index (χ2n) is 8.39. The van der Waals surface area contributed by atoms with Gasteiger partial charge in [-0.25, -0.2) is 14.2 Å². The van der Waals surface area contributed by atoms with Gasteiger partial charge in [0.15, 0.2) is 17.9 Å². The van der Waals surface area contributed by atoms with E-state index in [1.807, 2.05) is 10.4 Å². The summed E-state index contributed by atoms with van der Waals surface area (Å²) in [4.78, 5) is 38.0. The number of aromatic amines is 1. The minimum Gasteiger partial charge on any atom is -0.461 e. The SMILES string of the molecule is CC(C)OC(=O)[C@H](C)OP(=O)(OC[C@H]1O[C@@H](n2ncc(=O)[nH]c2=O)C(N)(C#CCl)[C@H]1O)Oc1ccccc1. The van der Waals surface area contributed by atoms with E-state index < -0.39 is 67.8 Å². The van der Waals surface area contributed by atoms with Crippen molar-refractivity contribution < 1.29 is 37.5 Å². The van der Waals surface area contributed by atoms with Crippen LogP contribution in [0.15, 0.2) is 46.1 Å². The highest BCUT2D eigenvalue weighted by Crippen LogP contribution is 2.51. The molecule has 2 aromatic rings. The van der Waals surface area contributed by atoms with Crippen molar-refractivity contribution >= 4 is 25.4 Å². The van der Waals surface area contributed by atoms with E-state index in [-0.39, 0.29) is 5.75 Å². The highest BCUT2D eigenvalue weighted by atomic mass is 35.5. The Labute approximate surface area is 221 Å². The van der Waals surface area contributed by atoms with Gasteiger partial charge >= 0.3 is 19.5 Å². The number of benzene rings is 1. The summed E-state index contributed by atoms with van der Waals surface area (Å²) in [5.41, 5.74) is 2.45. The summed E-state index contributed by atoms with van der Waals surface area (Å²) in [6, 6.07) is 7.85.